The summed E-state index contributed by atoms with van der Waals surface area (Å²) in [4.78, 5) is 9.18. The summed E-state index contributed by atoms with van der Waals surface area (Å²) in [5.41, 5.74) is 6.79. The number of hydrogen-bond acceptors (Lipinski definition) is 4. The molecule has 3 heterocycles. The third kappa shape index (κ3) is 2.16. The van der Waals surface area contributed by atoms with E-state index in [1.807, 2.05) is 42.6 Å². The van der Waals surface area contributed by atoms with E-state index in [1.54, 1.807) is 0 Å². The van der Waals surface area contributed by atoms with Gasteiger partial charge in [0.05, 0.1) is 28.8 Å². The van der Waals surface area contributed by atoms with Crippen LogP contribution in [0.15, 0.2) is 48.7 Å². The van der Waals surface area contributed by atoms with Crippen LogP contribution in [-0.4, -0.2) is 14.4 Å². The molecule has 1 aliphatic carbocycles. The molecule has 0 bridgehead atoms. The standard InChI is InChI=1S/C21H17N5/c22-12-17-15-7-5-8-16(15)20(24-13-14-6-3-4-11-23-14)26-19-10-2-1-9-18(19)25-21(17)26/h1-4,6,9-11,24H,5,7-8,13H2. The highest BCUT2D eigenvalue weighted by Crippen LogP contribution is 2.36. The van der Waals surface area contributed by atoms with Crippen molar-refractivity contribution in [2.24, 2.45) is 0 Å². The lowest BCUT2D eigenvalue weighted by Crippen LogP contribution is -2.10. The number of fused-ring (bicyclic) bond motifs is 4. The average Bonchev–Trinajstić information content (AvgIpc) is 3.31. The topological polar surface area (TPSA) is 66.0 Å². The van der Waals surface area contributed by atoms with E-state index in [2.05, 4.69) is 26.8 Å². The van der Waals surface area contributed by atoms with E-state index in [0.29, 0.717) is 6.54 Å². The van der Waals surface area contributed by atoms with Gasteiger partial charge in [0.2, 0.25) is 0 Å². The lowest BCUT2D eigenvalue weighted by molar-refractivity contribution is 0.908. The highest BCUT2D eigenvalue weighted by molar-refractivity contribution is 5.86. The normalized spacial score (nSPS) is 13.0. The van der Waals surface area contributed by atoms with Crippen LogP contribution in [0.25, 0.3) is 16.7 Å². The molecule has 5 heteroatoms. The summed E-state index contributed by atoms with van der Waals surface area (Å²) in [5.74, 6) is 1.05. The summed E-state index contributed by atoms with van der Waals surface area (Å²) in [6, 6.07) is 16.4. The van der Waals surface area contributed by atoms with Crippen LogP contribution in [-0.2, 0) is 19.4 Å². The Morgan fingerprint density at radius 3 is 2.77 bits per heavy atom. The van der Waals surface area contributed by atoms with Gasteiger partial charge in [0.15, 0.2) is 5.65 Å². The van der Waals surface area contributed by atoms with Gasteiger partial charge in [-0.05, 0) is 54.7 Å². The van der Waals surface area contributed by atoms with Crippen molar-refractivity contribution in [2.45, 2.75) is 25.8 Å². The van der Waals surface area contributed by atoms with Crippen LogP contribution in [0.1, 0.15) is 28.8 Å². The fraction of sp³-hybridized carbons (Fsp3) is 0.190. The molecule has 5 rings (SSSR count). The Hall–Kier alpha value is -3.39. The van der Waals surface area contributed by atoms with Crippen LogP contribution in [0, 0.1) is 11.3 Å². The Morgan fingerprint density at radius 1 is 1.08 bits per heavy atom. The average molecular weight is 339 g/mol. The number of rotatable bonds is 3. The molecule has 1 aromatic carbocycles. The molecule has 3 aromatic heterocycles. The van der Waals surface area contributed by atoms with Gasteiger partial charge in [-0.25, -0.2) is 4.98 Å². The predicted molar refractivity (Wildman–Crippen MR) is 101 cm³/mol. The fourth-order valence-electron chi connectivity index (χ4n) is 3.95. The second kappa shape index (κ2) is 5.85. The van der Waals surface area contributed by atoms with Crippen molar-refractivity contribution in [3.63, 3.8) is 0 Å². The zero-order valence-corrected chi connectivity index (χ0v) is 14.2. The number of pyridine rings is 2. The summed E-state index contributed by atoms with van der Waals surface area (Å²) in [7, 11) is 0. The number of hydrogen-bond donors (Lipinski definition) is 1. The van der Waals surface area contributed by atoms with Gasteiger partial charge in [-0.15, -0.1) is 0 Å². The molecular weight excluding hydrogens is 322 g/mol. The Morgan fingerprint density at radius 2 is 1.92 bits per heavy atom. The first-order valence-electron chi connectivity index (χ1n) is 8.85. The van der Waals surface area contributed by atoms with Crippen LogP contribution in [0.5, 0.6) is 0 Å². The van der Waals surface area contributed by atoms with Crippen molar-refractivity contribution in [3.8, 4) is 6.07 Å². The Kier molecular flexibility index (Phi) is 3.36. The highest BCUT2D eigenvalue weighted by atomic mass is 15.1. The van der Waals surface area contributed by atoms with Crippen LogP contribution in [0.4, 0.5) is 5.82 Å². The summed E-state index contributed by atoms with van der Waals surface area (Å²) >= 11 is 0. The van der Waals surface area contributed by atoms with E-state index < -0.39 is 0 Å². The van der Waals surface area contributed by atoms with Gasteiger partial charge in [-0.2, -0.15) is 5.26 Å². The predicted octanol–water partition coefficient (Wildman–Crippen LogP) is 3.85. The maximum absolute atomic E-state index is 9.79. The number of anilines is 1. The van der Waals surface area contributed by atoms with Gasteiger partial charge in [0.1, 0.15) is 11.9 Å². The van der Waals surface area contributed by atoms with Gasteiger partial charge < -0.3 is 5.32 Å². The van der Waals surface area contributed by atoms with E-state index in [1.165, 1.54) is 5.56 Å². The molecular formula is C21H17N5. The number of imidazole rings is 1. The van der Waals surface area contributed by atoms with Crippen molar-refractivity contribution in [1.29, 1.82) is 5.26 Å². The maximum Gasteiger partial charge on any atom is 0.157 e. The molecule has 0 fully saturated rings. The summed E-state index contributed by atoms with van der Waals surface area (Å²) in [6.45, 7) is 0.640. The molecule has 5 nitrogen and oxygen atoms in total. The van der Waals surface area contributed by atoms with Gasteiger partial charge in [-0.1, -0.05) is 18.2 Å². The molecule has 0 spiro atoms. The van der Waals surface area contributed by atoms with E-state index in [0.717, 1.165) is 58.6 Å². The first-order valence-corrected chi connectivity index (χ1v) is 8.85. The molecule has 0 amide bonds. The van der Waals surface area contributed by atoms with Crippen molar-refractivity contribution in [1.82, 2.24) is 14.4 Å². The molecule has 0 aliphatic heterocycles. The lowest BCUT2D eigenvalue weighted by atomic mass is 10.1. The second-order valence-corrected chi connectivity index (χ2v) is 6.58. The Labute approximate surface area is 150 Å². The number of nitrogens with one attached hydrogen (secondary N) is 1. The zero-order valence-electron chi connectivity index (χ0n) is 14.2. The van der Waals surface area contributed by atoms with Gasteiger partial charge in [0.25, 0.3) is 0 Å². The second-order valence-electron chi connectivity index (χ2n) is 6.58. The van der Waals surface area contributed by atoms with Crippen LogP contribution in [0.2, 0.25) is 0 Å². The molecule has 26 heavy (non-hydrogen) atoms. The first-order chi connectivity index (χ1) is 12.9. The Balaban J connectivity index is 1.77. The van der Waals surface area contributed by atoms with Crippen LogP contribution in [0.3, 0.4) is 0 Å². The third-order valence-electron chi connectivity index (χ3n) is 5.09. The Bertz CT molecular complexity index is 1170. The van der Waals surface area contributed by atoms with Gasteiger partial charge in [-0.3, -0.25) is 9.38 Å². The van der Waals surface area contributed by atoms with Crippen LogP contribution < -0.4 is 5.32 Å². The maximum atomic E-state index is 9.79. The molecule has 0 saturated heterocycles. The smallest absolute Gasteiger partial charge is 0.157 e. The fourth-order valence-corrected chi connectivity index (χ4v) is 3.95. The quantitative estimate of drug-likeness (QED) is 0.615. The molecule has 1 N–H and O–H groups in total. The minimum atomic E-state index is 0.640. The first kappa shape index (κ1) is 14.9. The summed E-state index contributed by atoms with van der Waals surface area (Å²) < 4.78 is 2.11. The number of benzene rings is 1. The van der Waals surface area contributed by atoms with Crippen molar-refractivity contribution in [2.75, 3.05) is 5.32 Å². The number of para-hydroxylation sites is 2. The monoisotopic (exact) mass is 339 g/mol. The molecule has 126 valence electrons. The minimum Gasteiger partial charge on any atom is -0.365 e. The molecule has 1 aliphatic rings. The van der Waals surface area contributed by atoms with E-state index in [4.69, 9.17) is 4.98 Å². The number of aromatic nitrogens is 3. The molecule has 0 saturated carbocycles. The third-order valence-corrected chi connectivity index (χ3v) is 5.09. The molecule has 0 radical (unpaired) electrons. The minimum absolute atomic E-state index is 0.640. The van der Waals surface area contributed by atoms with Gasteiger partial charge >= 0.3 is 0 Å². The summed E-state index contributed by atoms with van der Waals surface area (Å²) in [6.07, 6.45) is 4.81. The van der Waals surface area contributed by atoms with Gasteiger partial charge in [0, 0.05) is 6.20 Å². The lowest BCUT2D eigenvalue weighted by Gasteiger charge is -2.16. The molecule has 4 aromatic rings. The van der Waals surface area contributed by atoms with Crippen LogP contribution >= 0.6 is 0 Å². The summed E-state index contributed by atoms with van der Waals surface area (Å²) in [5, 5.41) is 13.4. The number of nitriles is 1. The number of nitrogens with zero attached hydrogens (tertiary/aromatic N) is 4. The van der Waals surface area contributed by atoms with E-state index in [9.17, 15) is 5.26 Å². The highest BCUT2D eigenvalue weighted by Gasteiger charge is 2.25. The van der Waals surface area contributed by atoms with Crippen molar-refractivity contribution >= 4 is 22.5 Å². The van der Waals surface area contributed by atoms with Crippen molar-refractivity contribution < 1.29 is 0 Å². The SMILES string of the molecule is N#Cc1c2c(c(NCc3ccccn3)n3c1nc1ccccc13)CCC2. The zero-order chi connectivity index (χ0) is 17.5. The largest absolute Gasteiger partial charge is 0.365 e. The molecule has 0 unspecified atom stereocenters. The van der Waals surface area contributed by atoms with Crippen molar-refractivity contribution in [3.05, 3.63) is 71.0 Å². The van der Waals surface area contributed by atoms with E-state index in [-0.39, 0.29) is 0 Å². The molecule has 0 atom stereocenters. The van der Waals surface area contributed by atoms with E-state index >= 15 is 0 Å².